The Morgan fingerprint density at radius 3 is 2.87 bits per heavy atom. The van der Waals surface area contributed by atoms with Crippen molar-refractivity contribution < 1.29 is 9.53 Å². The van der Waals surface area contributed by atoms with Crippen molar-refractivity contribution in [1.82, 2.24) is 14.5 Å². The molecule has 2 aromatic rings. The van der Waals surface area contributed by atoms with Gasteiger partial charge in [-0.3, -0.25) is 4.79 Å². The molecule has 1 aliphatic rings. The fraction of sp³-hybridized carbons (Fsp3) is 0.412. The lowest BCUT2D eigenvalue weighted by molar-refractivity contribution is -0.140. The van der Waals surface area contributed by atoms with Crippen molar-refractivity contribution in [3.63, 3.8) is 0 Å². The van der Waals surface area contributed by atoms with Crippen LogP contribution in [-0.2, 0) is 11.3 Å². The Balaban J connectivity index is 1.38. The third-order valence-corrected chi connectivity index (χ3v) is 4.36. The summed E-state index contributed by atoms with van der Waals surface area (Å²) in [7, 11) is 0. The molecular weight excluding hydrogens is 314 g/mol. The monoisotopic (exact) mass is 333 g/mol. The van der Waals surface area contributed by atoms with Crippen LogP contribution in [0.1, 0.15) is 18.7 Å². The number of halogens is 1. The Bertz CT molecular complexity index is 680. The zero-order valence-electron chi connectivity index (χ0n) is 13.1. The summed E-state index contributed by atoms with van der Waals surface area (Å²) in [6, 6.07) is 7.41. The van der Waals surface area contributed by atoms with E-state index >= 15 is 0 Å². The number of ether oxygens (including phenoxy) is 1. The minimum Gasteiger partial charge on any atom is -0.485 e. The number of para-hydroxylation sites is 1. The molecule has 1 amide bonds. The molecule has 3 rings (SSSR count). The zero-order valence-corrected chi connectivity index (χ0v) is 13.9. The van der Waals surface area contributed by atoms with Gasteiger partial charge in [0.05, 0.1) is 18.1 Å². The molecule has 0 spiro atoms. The summed E-state index contributed by atoms with van der Waals surface area (Å²) in [4.78, 5) is 18.1. The van der Waals surface area contributed by atoms with Crippen molar-refractivity contribution in [3.05, 3.63) is 47.5 Å². The van der Waals surface area contributed by atoms with E-state index in [4.69, 9.17) is 16.3 Å². The molecule has 6 heteroatoms. The number of aryl methyl sites for hydroxylation is 2. The predicted octanol–water partition coefficient (Wildman–Crippen LogP) is 2.91. The van der Waals surface area contributed by atoms with Gasteiger partial charge in [0.1, 0.15) is 17.7 Å². The van der Waals surface area contributed by atoms with Crippen LogP contribution in [0.25, 0.3) is 0 Å². The molecular formula is C17H20ClN3O2. The summed E-state index contributed by atoms with van der Waals surface area (Å²) in [5.41, 5.74) is 0. The standard InChI is InChI=1S/C17H20ClN3O2/c1-13-19-8-10-20(13)9-4-7-17(22)21-11-14(12-21)23-16-6-3-2-5-15(16)18/h2-3,5-6,8,10,14H,4,7,9,11-12H2,1H3. The van der Waals surface area contributed by atoms with Crippen LogP contribution < -0.4 is 4.74 Å². The molecule has 0 bridgehead atoms. The van der Waals surface area contributed by atoms with E-state index in [1.54, 1.807) is 12.3 Å². The number of likely N-dealkylation sites (tertiary alicyclic amines) is 1. The van der Waals surface area contributed by atoms with E-state index in [0.29, 0.717) is 30.3 Å². The number of benzene rings is 1. The van der Waals surface area contributed by atoms with Crippen molar-refractivity contribution in [2.75, 3.05) is 13.1 Å². The summed E-state index contributed by atoms with van der Waals surface area (Å²) in [6.07, 6.45) is 5.13. The van der Waals surface area contributed by atoms with E-state index in [2.05, 4.69) is 9.55 Å². The van der Waals surface area contributed by atoms with Crippen LogP contribution in [0.3, 0.4) is 0 Å². The first kappa shape index (κ1) is 15.9. The SMILES string of the molecule is Cc1nccn1CCCC(=O)N1CC(Oc2ccccc2Cl)C1. The minimum atomic E-state index is 0.0368. The largest absolute Gasteiger partial charge is 0.485 e. The summed E-state index contributed by atoms with van der Waals surface area (Å²) in [6.45, 7) is 4.06. The lowest BCUT2D eigenvalue weighted by Crippen LogP contribution is -2.56. The normalized spacial score (nSPS) is 14.6. The molecule has 0 unspecified atom stereocenters. The molecule has 23 heavy (non-hydrogen) atoms. The van der Waals surface area contributed by atoms with Gasteiger partial charge in [-0.2, -0.15) is 0 Å². The second-order valence-electron chi connectivity index (χ2n) is 5.74. The Hall–Kier alpha value is -2.01. The average Bonchev–Trinajstić information content (AvgIpc) is 2.89. The highest BCUT2D eigenvalue weighted by atomic mass is 35.5. The maximum absolute atomic E-state index is 12.1. The number of aromatic nitrogens is 2. The molecule has 1 aromatic heterocycles. The van der Waals surface area contributed by atoms with Gasteiger partial charge in [-0.05, 0) is 25.5 Å². The van der Waals surface area contributed by atoms with Crippen molar-refractivity contribution in [3.8, 4) is 5.75 Å². The number of amides is 1. The van der Waals surface area contributed by atoms with Crippen molar-refractivity contribution in [1.29, 1.82) is 0 Å². The second-order valence-corrected chi connectivity index (χ2v) is 6.15. The third-order valence-electron chi connectivity index (χ3n) is 4.04. The van der Waals surface area contributed by atoms with Crippen LogP contribution >= 0.6 is 11.6 Å². The van der Waals surface area contributed by atoms with Gasteiger partial charge in [0.2, 0.25) is 5.91 Å². The lowest BCUT2D eigenvalue weighted by Gasteiger charge is -2.39. The fourth-order valence-electron chi connectivity index (χ4n) is 2.63. The molecule has 1 saturated heterocycles. The van der Waals surface area contributed by atoms with Gasteiger partial charge in [0.25, 0.3) is 0 Å². The molecule has 2 heterocycles. The van der Waals surface area contributed by atoms with Gasteiger partial charge in [-0.15, -0.1) is 0 Å². The molecule has 1 aliphatic heterocycles. The van der Waals surface area contributed by atoms with E-state index in [1.165, 1.54) is 0 Å². The van der Waals surface area contributed by atoms with Gasteiger partial charge >= 0.3 is 0 Å². The van der Waals surface area contributed by atoms with Gasteiger partial charge in [-0.25, -0.2) is 4.98 Å². The number of hydrogen-bond donors (Lipinski definition) is 0. The predicted molar refractivity (Wildman–Crippen MR) is 88.6 cm³/mol. The molecule has 0 aliphatic carbocycles. The fourth-order valence-corrected chi connectivity index (χ4v) is 2.82. The second kappa shape index (κ2) is 7.04. The van der Waals surface area contributed by atoms with Gasteiger partial charge < -0.3 is 14.2 Å². The summed E-state index contributed by atoms with van der Waals surface area (Å²) in [5.74, 6) is 1.85. The number of nitrogens with zero attached hydrogens (tertiary/aromatic N) is 3. The number of carbonyl (C=O) groups excluding carboxylic acids is 1. The summed E-state index contributed by atoms with van der Waals surface area (Å²) in [5, 5.41) is 0.605. The Morgan fingerprint density at radius 2 is 2.17 bits per heavy atom. The van der Waals surface area contributed by atoms with Crippen LogP contribution in [0.5, 0.6) is 5.75 Å². The van der Waals surface area contributed by atoms with Crippen molar-refractivity contribution in [2.24, 2.45) is 0 Å². The van der Waals surface area contributed by atoms with Crippen molar-refractivity contribution in [2.45, 2.75) is 32.4 Å². The highest BCUT2D eigenvalue weighted by Gasteiger charge is 2.32. The molecule has 1 fully saturated rings. The van der Waals surface area contributed by atoms with E-state index in [-0.39, 0.29) is 12.0 Å². The third kappa shape index (κ3) is 3.85. The number of hydrogen-bond acceptors (Lipinski definition) is 3. The summed E-state index contributed by atoms with van der Waals surface area (Å²) < 4.78 is 7.86. The van der Waals surface area contributed by atoms with Crippen LogP contribution in [-0.4, -0.2) is 39.6 Å². The molecule has 0 saturated carbocycles. The van der Waals surface area contributed by atoms with Crippen LogP contribution in [0.4, 0.5) is 0 Å². The van der Waals surface area contributed by atoms with Crippen LogP contribution in [0.2, 0.25) is 5.02 Å². The smallest absolute Gasteiger partial charge is 0.222 e. The van der Waals surface area contributed by atoms with Crippen LogP contribution in [0.15, 0.2) is 36.7 Å². The minimum absolute atomic E-state index is 0.0368. The zero-order chi connectivity index (χ0) is 16.2. The molecule has 0 atom stereocenters. The average molecular weight is 334 g/mol. The number of rotatable bonds is 6. The van der Waals surface area contributed by atoms with E-state index in [1.807, 2.05) is 36.2 Å². The first-order valence-corrected chi connectivity index (χ1v) is 8.18. The quantitative estimate of drug-likeness (QED) is 0.816. The topological polar surface area (TPSA) is 47.4 Å². The molecule has 0 N–H and O–H groups in total. The van der Waals surface area contributed by atoms with Crippen molar-refractivity contribution >= 4 is 17.5 Å². The van der Waals surface area contributed by atoms with Gasteiger partial charge in [0, 0.05) is 25.4 Å². The first-order chi connectivity index (χ1) is 11.1. The molecule has 1 aromatic carbocycles. The highest BCUT2D eigenvalue weighted by molar-refractivity contribution is 6.32. The van der Waals surface area contributed by atoms with E-state index in [0.717, 1.165) is 18.8 Å². The van der Waals surface area contributed by atoms with Gasteiger partial charge in [0.15, 0.2) is 0 Å². The Morgan fingerprint density at radius 1 is 1.39 bits per heavy atom. The molecule has 5 nitrogen and oxygen atoms in total. The van der Waals surface area contributed by atoms with Crippen LogP contribution in [0, 0.1) is 6.92 Å². The maximum atomic E-state index is 12.1. The number of carbonyl (C=O) groups is 1. The highest BCUT2D eigenvalue weighted by Crippen LogP contribution is 2.26. The maximum Gasteiger partial charge on any atom is 0.222 e. The van der Waals surface area contributed by atoms with E-state index in [9.17, 15) is 4.79 Å². The molecule has 0 radical (unpaired) electrons. The Labute approximate surface area is 140 Å². The summed E-state index contributed by atoms with van der Waals surface area (Å²) >= 11 is 6.07. The lowest BCUT2D eigenvalue weighted by atomic mass is 10.1. The first-order valence-electron chi connectivity index (χ1n) is 7.80. The molecule has 122 valence electrons. The number of imidazole rings is 1. The Kier molecular flexibility index (Phi) is 4.86. The van der Waals surface area contributed by atoms with Gasteiger partial charge in [-0.1, -0.05) is 23.7 Å². The van der Waals surface area contributed by atoms with E-state index < -0.39 is 0 Å².